The summed E-state index contributed by atoms with van der Waals surface area (Å²) in [5, 5.41) is 0. The Hall–Kier alpha value is -3.33. The lowest BCUT2D eigenvalue weighted by atomic mass is 10.1. The molecule has 0 radical (unpaired) electrons. The van der Waals surface area contributed by atoms with Gasteiger partial charge in [0.1, 0.15) is 0 Å². The SMILES string of the molecule is CC(C)CCN(CCC(C)C)C(=O)c1ccc2c(c1)n(CCCN1CCCCC1)c1nc3nccnc3c(=O)n21. The summed E-state index contributed by atoms with van der Waals surface area (Å²) in [6, 6.07) is 5.70. The molecule has 9 nitrogen and oxygen atoms in total. The standard InChI is InChI=1S/C31H43N7O2/c1-22(2)11-19-36(20-12-23(3)4)29(39)24-9-10-25-26(21-24)37(18-8-17-35-15-6-5-7-16-35)31-34-28-27(30(40)38(25)31)32-13-14-33-28/h9-10,13-14,21-23H,5-8,11-12,15-20H2,1-4H3. The summed E-state index contributed by atoms with van der Waals surface area (Å²) < 4.78 is 3.73. The van der Waals surface area contributed by atoms with Crippen molar-refractivity contribution in [2.45, 2.75) is 72.8 Å². The molecule has 40 heavy (non-hydrogen) atoms. The topological polar surface area (TPSA) is 88.6 Å². The summed E-state index contributed by atoms with van der Waals surface area (Å²) in [6.07, 6.45) is 9.78. The van der Waals surface area contributed by atoms with Crippen molar-refractivity contribution in [2.24, 2.45) is 11.8 Å². The number of piperidine rings is 1. The maximum atomic E-state index is 13.8. The number of hydrogen-bond acceptors (Lipinski definition) is 6. The second kappa shape index (κ2) is 12.5. The molecule has 1 saturated heterocycles. The van der Waals surface area contributed by atoms with Crippen LogP contribution in [0.1, 0.15) is 76.6 Å². The van der Waals surface area contributed by atoms with Crippen molar-refractivity contribution < 1.29 is 4.79 Å². The van der Waals surface area contributed by atoms with Crippen LogP contribution in [0.15, 0.2) is 35.4 Å². The number of imidazole rings is 1. The van der Waals surface area contributed by atoms with E-state index in [1.54, 1.807) is 10.6 Å². The highest BCUT2D eigenvalue weighted by Crippen LogP contribution is 2.23. The van der Waals surface area contributed by atoms with Crippen LogP contribution in [0, 0.1) is 11.8 Å². The molecule has 4 aromatic rings. The molecule has 9 heteroatoms. The largest absolute Gasteiger partial charge is 0.339 e. The van der Waals surface area contributed by atoms with Crippen molar-refractivity contribution in [3.05, 3.63) is 46.5 Å². The van der Waals surface area contributed by atoms with E-state index >= 15 is 0 Å². The molecule has 0 spiro atoms. The van der Waals surface area contributed by atoms with Gasteiger partial charge in [-0.05, 0) is 81.8 Å². The lowest BCUT2D eigenvalue weighted by Gasteiger charge is -2.26. The molecule has 5 rings (SSSR count). The van der Waals surface area contributed by atoms with Crippen molar-refractivity contribution in [3.8, 4) is 0 Å². The van der Waals surface area contributed by atoms with Crippen LogP contribution in [0.25, 0.3) is 28.0 Å². The van der Waals surface area contributed by atoms with Gasteiger partial charge in [-0.15, -0.1) is 0 Å². The molecular weight excluding hydrogens is 502 g/mol. The maximum Gasteiger partial charge on any atom is 0.287 e. The molecule has 0 unspecified atom stereocenters. The van der Waals surface area contributed by atoms with Crippen molar-refractivity contribution in [2.75, 3.05) is 32.7 Å². The fourth-order valence-corrected chi connectivity index (χ4v) is 5.65. The van der Waals surface area contributed by atoms with Crippen molar-refractivity contribution in [3.63, 3.8) is 0 Å². The van der Waals surface area contributed by atoms with Gasteiger partial charge in [0, 0.05) is 37.6 Å². The van der Waals surface area contributed by atoms with Crippen LogP contribution in [0.5, 0.6) is 0 Å². The fourth-order valence-electron chi connectivity index (χ4n) is 5.65. The van der Waals surface area contributed by atoms with Crippen molar-refractivity contribution in [1.29, 1.82) is 0 Å². The molecule has 1 aliphatic heterocycles. The molecule has 0 aliphatic carbocycles. The minimum atomic E-state index is -0.234. The van der Waals surface area contributed by atoms with Gasteiger partial charge in [-0.2, -0.15) is 4.98 Å². The Kier molecular flexibility index (Phi) is 8.78. The first-order valence-electron chi connectivity index (χ1n) is 15.0. The van der Waals surface area contributed by atoms with E-state index in [9.17, 15) is 9.59 Å². The summed E-state index contributed by atoms with van der Waals surface area (Å²) in [6.45, 7) is 14.2. The van der Waals surface area contributed by atoms with Gasteiger partial charge in [-0.25, -0.2) is 14.4 Å². The van der Waals surface area contributed by atoms with E-state index in [2.05, 4.69) is 47.1 Å². The Labute approximate surface area is 236 Å². The Balaban J connectivity index is 1.56. The van der Waals surface area contributed by atoms with Gasteiger partial charge >= 0.3 is 0 Å². The summed E-state index contributed by atoms with van der Waals surface area (Å²) in [5.74, 6) is 1.64. The third-order valence-corrected chi connectivity index (χ3v) is 8.03. The van der Waals surface area contributed by atoms with Gasteiger partial charge in [0.25, 0.3) is 11.5 Å². The molecule has 0 saturated carbocycles. The fraction of sp³-hybridized carbons (Fsp3) is 0.581. The average Bonchev–Trinajstić information content (AvgIpc) is 3.26. The number of nitrogens with zero attached hydrogens (tertiary/aromatic N) is 7. The highest BCUT2D eigenvalue weighted by molar-refractivity contribution is 5.98. The molecule has 1 amide bonds. The van der Waals surface area contributed by atoms with E-state index < -0.39 is 0 Å². The lowest BCUT2D eigenvalue weighted by Crippen LogP contribution is -2.34. The number of hydrogen-bond donors (Lipinski definition) is 0. The normalized spacial score (nSPS) is 14.8. The molecule has 1 aromatic carbocycles. The molecule has 4 heterocycles. The van der Waals surface area contributed by atoms with Crippen LogP contribution in [0.3, 0.4) is 0 Å². The van der Waals surface area contributed by atoms with E-state index in [0.717, 1.165) is 63.0 Å². The molecule has 214 valence electrons. The molecule has 0 bridgehead atoms. The van der Waals surface area contributed by atoms with Gasteiger partial charge in [0.2, 0.25) is 5.78 Å². The molecule has 1 fully saturated rings. The van der Waals surface area contributed by atoms with E-state index in [-0.39, 0.29) is 17.0 Å². The smallest absolute Gasteiger partial charge is 0.287 e. The van der Waals surface area contributed by atoms with Gasteiger partial charge in [0.05, 0.1) is 11.0 Å². The lowest BCUT2D eigenvalue weighted by molar-refractivity contribution is 0.0741. The van der Waals surface area contributed by atoms with Crippen molar-refractivity contribution in [1.82, 2.24) is 33.7 Å². The van der Waals surface area contributed by atoms with Gasteiger partial charge < -0.3 is 14.4 Å². The molecule has 1 aliphatic rings. The van der Waals surface area contributed by atoms with Crippen LogP contribution in [-0.4, -0.2) is 72.4 Å². The first kappa shape index (κ1) is 28.2. The third-order valence-electron chi connectivity index (χ3n) is 8.03. The number of aromatic nitrogens is 5. The van der Waals surface area contributed by atoms with Crippen LogP contribution < -0.4 is 5.56 Å². The van der Waals surface area contributed by atoms with E-state index in [1.807, 2.05) is 23.1 Å². The number of carbonyl (C=O) groups excluding carboxylic acids is 1. The molecule has 0 N–H and O–H groups in total. The second-order valence-electron chi connectivity index (χ2n) is 12.0. The number of carbonyl (C=O) groups is 1. The number of aryl methyl sites for hydroxylation is 1. The van der Waals surface area contributed by atoms with Gasteiger partial charge in [-0.3, -0.25) is 9.59 Å². The summed E-state index contributed by atoms with van der Waals surface area (Å²) in [7, 11) is 0. The van der Waals surface area contributed by atoms with Crippen LogP contribution in [-0.2, 0) is 6.54 Å². The predicted octanol–water partition coefficient (Wildman–Crippen LogP) is 5.00. The maximum absolute atomic E-state index is 13.8. The number of amides is 1. The van der Waals surface area contributed by atoms with Crippen molar-refractivity contribution >= 4 is 33.9 Å². The predicted molar refractivity (Wildman–Crippen MR) is 160 cm³/mol. The Morgan fingerprint density at radius 1 is 0.925 bits per heavy atom. The average molecular weight is 546 g/mol. The zero-order valence-corrected chi connectivity index (χ0v) is 24.5. The Bertz CT molecular complexity index is 1520. The summed E-state index contributed by atoms with van der Waals surface area (Å²) in [5.41, 5.74) is 2.59. The highest BCUT2D eigenvalue weighted by Gasteiger charge is 2.22. The van der Waals surface area contributed by atoms with Crippen LogP contribution in [0.2, 0.25) is 0 Å². The quantitative estimate of drug-likeness (QED) is 0.263. The monoisotopic (exact) mass is 545 g/mol. The Morgan fingerprint density at radius 3 is 2.33 bits per heavy atom. The molecular formula is C31H43N7O2. The zero-order valence-electron chi connectivity index (χ0n) is 24.5. The van der Waals surface area contributed by atoms with E-state index in [4.69, 9.17) is 4.98 Å². The zero-order chi connectivity index (χ0) is 28.2. The number of fused-ring (bicyclic) bond motifs is 4. The molecule has 3 aromatic heterocycles. The van der Waals surface area contributed by atoms with E-state index in [1.165, 1.54) is 25.5 Å². The number of rotatable bonds is 11. The van der Waals surface area contributed by atoms with Gasteiger partial charge in [0.15, 0.2) is 11.2 Å². The van der Waals surface area contributed by atoms with Crippen LogP contribution in [0.4, 0.5) is 0 Å². The highest BCUT2D eigenvalue weighted by atomic mass is 16.2. The first-order valence-corrected chi connectivity index (χ1v) is 15.0. The minimum Gasteiger partial charge on any atom is -0.339 e. The minimum absolute atomic E-state index is 0.0436. The summed E-state index contributed by atoms with van der Waals surface area (Å²) in [4.78, 5) is 45.3. The summed E-state index contributed by atoms with van der Waals surface area (Å²) >= 11 is 0. The Morgan fingerprint density at radius 2 is 1.62 bits per heavy atom. The number of benzene rings is 1. The van der Waals surface area contributed by atoms with Crippen LogP contribution >= 0.6 is 0 Å². The van der Waals surface area contributed by atoms with Gasteiger partial charge in [-0.1, -0.05) is 34.1 Å². The number of likely N-dealkylation sites (tertiary alicyclic amines) is 1. The molecule has 0 atom stereocenters. The van der Waals surface area contributed by atoms with E-state index in [0.29, 0.717) is 35.4 Å². The first-order chi connectivity index (χ1) is 19.3. The second-order valence-corrected chi connectivity index (χ2v) is 12.0. The third kappa shape index (κ3) is 6.04.